The highest BCUT2D eigenvalue weighted by Gasteiger charge is 2.44. The van der Waals surface area contributed by atoms with E-state index in [0.29, 0.717) is 31.7 Å². The van der Waals surface area contributed by atoms with E-state index < -0.39 is 17.2 Å². The van der Waals surface area contributed by atoms with Crippen LogP contribution in [0.5, 0.6) is 5.75 Å². The summed E-state index contributed by atoms with van der Waals surface area (Å²) in [5.41, 5.74) is 4.67. The van der Waals surface area contributed by atoms with Gasteiger partial charge in [0.25, 0.3) is 0 Å². The van der Waals surface area contributed by atoms with Crippen LogP contribution in [-0.2, 0) is 9.53 Å². The van der Waals surface area contributed by atoms with Crippen LogP contribution in [0.3, 0.4) is 0 Å². The second-order valence-electron chi connectivity index (χ2n) is 10.3. The molecule has 9 heteroatoms. The summed E-state index contributed by atoms with van der Waals surface area (Å²) in [6.45, 7) is 3.16. The van der Waals surface area contributed by atoms with Crippen molar-refractivity contribution in [3.63, 3.8) is 0 Å². The fraction of sp³-hybridized carbons (Fsp3) is 0.444. The van der Waals surface area contributed by atoms with E-state index in [1.165, 1.54) is 13.2 Å². The van der Waals surface area contributed by atoms with Crippen LogP contribution in [-0.4, -0.2) is 51.1 Å². The quantitative estimate of drug-likeness (QED) is 0.392. The minimum Gasteiger partial charge on any atom is -0.494 e. The van der Waals surface area contributed by atoms with Gasteiger partial charge in [-0.05, 0) is 63.1 Å². The highest BCUT2D eigenvalue weighted by molar-refractivity contribution is 5.94. The third-order valence-electron chi connectivity index (χ3n) is 8.09. The van der Waals surface area contributed by atoms with Crippen LogP contribution < -0.4 is 4.74 Å². The number of halogens is 1. The van der Waals surface area contributed by atoms with Crippen LogP contribution in [0.25, 0.3) is 27.8 Å². The molecule has 2 fully saturated rings. The lowest BCUT2D eigenvalue weighted by Gasteiger charge is -2.27. The third kappa shape index (κ3) is 3.56. The summed E-state index contributed by atoms with van der Waals surface area (Å²) in [4.78, 5) is 17.1. The number of ether oxygens (including phenoxy) is 2. The summed E-state index contributed by atoms with van der Waals surface area (Å²) in [6, 6.07) is 6.97. The molecule has 1 saturated heterocycles. The Morgan fingerprint density at radius 1 is 1.25 bits per heavy atom. The van der Waals surface area contributed by atoms with Gasteiger partial charge in [0.05, 0.1) is 29.8 Å². The van der Waals surface area contributed by atoms with E-state index >= 15 is 0 Å². The van der Waals surface area contributed by atoms with Crippen LogP contribution in [0.15, 0.2) is 30.5 Å². The molecule has 4 aromatic rings. The van der Waals surface area contributed by atoms with Crippen molar-refractivity contribution in [2.75, 3.05) is 20.3 Å². The van der Waals surface area contributed by atoms with Gasteiger partial charge in [0.1, 0.15) is 0 Å². The Balaban J connectivity index is 1.66. The number of carbonyl (C=O) groups is 1. The van der Waals surface area contributed by atoms with Crippen molar-refractivity contribution in [2.24, 2.45) is 5.41 Å². The van der Waals surface area contributed by atoms with Gasteiger partial charge in [-0.15, -0.1) is 0 Å². The van der Waals surface area contributed by atoms with Crippen LogP contribution in [0.2, 0.25) is 0 Å². The molecule has 3 aromatic heterocycles. The van der Waals surface area contributed by atoms with E-state index in [1.807, 2.05) is 6.92 Å². The third-order valence-corrected chi connectivity index (χ3v) is 8.09. The highest BCUT2D eigenvalue weighted by atomic mass is 19.1. The van der Waals surface area contributed by atoms with Crippen molar-refractivity contribution < 1.29 is 23.8 Å². The lowest BCUT2D eigenvalue weighted by atomic mass is 9.84. The fourth-order valence-corrected chi connectivity index (χ4v) is 6.13. The Hall–Kier alpha value is -3.46. The molecule has 4 heterocycles. The number of aromatic nitrogens is 4. The molecule has 1 aliphatic heterocycles. The number of benzene rings is 1. The first-order valence-corrected chi connectivity index (χ1v) is 12.4. The van der Waals surface area contributed by atoms with Crippen molar-refractivity contribution in [3.05, 3.63) is 47.5 Å². The number of carboxylic acid groups (broad SMARTS) is 1. The highest BCUT2D eigenvalue weighted by Crippen LogP contribution is 2.52. The molecule has 0 spiro atoms. The Kier molecular flexibility index (Phi) is 5.48. The number of rotatable bonds is 5. The zero-order valence-electron chi connectivity index (χ0n) is 20.4. The zero-order chi connectivity index (χ0) is 25.0. The summed E-state index contributed by atoms with van der Waals surface area (Å²) in [6.07, 6.45) is 5.38. The van der Waals surface area contributed by atoms with Gasteiger partial charge in [0, 0.05) is 47.5 Å². The number of hydrogen-bond donors (Lipinski definition) is 2. The number of carboxylic acids is 1. The second-order valence-corrected chi connectivity index (χ2v) is 10.3. The van der Waals surface area contributed by atoms with E-state index in [2.05, 4.69) is 20.8 Å². The Morgan fingerprint density at radius 3 is 2.78 bits per heavy atom. The molecule has 1 saturated carbocycles. The minimum absolute atomic E-state index is 0.0444. The molecule has 6 rings (SSSR count). The van der Waals surface area contributed by atoms with Crippen molar-refractivity contribution in [1.82, 2.24) is 19.7 Å². The molecule has 0 bridgehead atoms. The van der Waals surface area contributed by atoms with Gasteiger partial charge in [0.15, 0.2) is 17.2 Å². The number of nitrogens with one attached hydrogen (secondary N) is 1. The summed E-state index contributed by atoms with van der Waals surface area (Å²) < 4.78 is 27.6. The first-order valence-electron chi connectivity index (χ1n) is 12.4. The number of aromatic amines is 1. The fourth-order valence-electron chi connectivity index (χ4n) is 6.13. The lowest BCUT2D eigenvalue weighted by molar-refractivity contribution is -0.147. The molecular formula is C27H29FN4O4. The number of aliphatic carboxylic acids is 1. The van der Waals surface area contributed by atoms with E-state index in [4.69, 9.17) is 14.5 Å². The molecule has 2 atom stereocenters. The molecule has 36 heavy (non-hydrogen) atoms. The largest absolute Gasteiger partial charge is 0.494 e. The standard InChI is InChI=1S/C27H29FN4O4/c1-27(26(33)34)8-5-16(13-27)22-23-20(11-17-14-29-31-25(17)30-23)32(24(22)15-6-9-36-10-7-15)18-3-4-19(28)21(12-18)35-2/h3-4,11-12,14-16H,5-10,13H2,1-2H3,(H,33,34)(H,29,30,31)/t16-,27-/m1/s1. The van der Waals surface area contributed by atoms with Crippen molar-refractivity contribution in [2.45, 2.75) is 50.9 Å². The molecule has 0 radical (unpaired) electrons. The molecule has 1 aliphatic carbocycles. The molecule has 2 aliphatic rings. The molecule has 8 nitrogen and oxygen atoms in total. The van der Waals surface area contributed by atoms with Gasteiger partial charge in [-0.3, -0.25) is 9.89 Å². The monoisotopic (exact) mass is 492 g/mol. The van der Waals surface area contributed by atoms with Gasteiger partial charge in [0.2, 0.25) is 0 Å². The van der Waals surface area contributed by atoms with Gasteiger partial charge in [-0.2, -0.15) is 5.10 Å². The average molecular weight is 493 g/mol. The molecule has 0 unspecified atom stereocenters. The number of methoxy groups -OCH3 is 1. The average Bonchev–Trinajstić information content (AvgIpc) is 3.59. The van der Waals surface area contributed by atoms with Gasteiger partial charge in [-0.1, -0.05) is 0 Å². The first-order chi connectivity index (χ1) is 17.4. The molecule has 0 amide bonds. The summed E-state index contributed by atoms with van der Waals surface area (Å²) in [7, 11) is 1.46. The first kappa shape index (κ1) is 23.0. The maximum atomic E-state index is 14.4. The van der Waals surface area contributed by atoms with Gasteiger partial charge >= 0.3 is 5.97 Å². The Bertz CT molecular complexity index is 1470. The van der Waals surface area contributed by atoms with Crippen LogP contribution in [0.1, 0.15) is 62.1 Å². The maximum Gasteiger partial charge on any atom is 0.309 e. The molecule has 2 N–H and O–H groups in total. The number of hydrogen-bond acceptors (Lipinski definition) is 5. The topological polar surface area (TPSA) is 102 Å². The van der Waals surface area contributed by atoms with E-state index in [9.17, 15) is 14.3 Å². The van der Waals surface area contributed by atoms with Crippen LogP contribution in [0, 0.1) is 11.2 Å². The van der Waals surface area contributed by atoms with Crippen LogP contribution in [0.4, 0.5) is 4.39 Å². The van der Waals surface area contributed by atoms with Crippen LogP contribution >= 0.6 is 0 Å². The smallest absolute Gasteiger partial charge is 0.309 e. The normalized spacial score (nSPS) is 23.0. The summed E-state index contributed by atoms with van der Waals surface area (Å²) in [5, 5.41) is 18.0. The van der Waals surface area contributed by atoms with Crippen molar-refractivity contribution in [3.8, 4) is 11.4 Å². The number of nitrogens with zero attached hydrogens (tertiary/aromatic N) is 3. The maximum absolute atomic E-state index is 14.4. The predicted octanol–water partition coefficient (Wildman–Crippen LogP) is 5.30. The van der Waals surface area contributed by atoms with Gasteiger partial charge < -0.3 is 19.1 Å². The van der Waals surface area contributed by atoms with E-state index in [-0.39, 0.29) is 17.6 Å². The lowest BCUT2D eigenvalue weighted by Crippen LogP contribution is -2.24. The zero-order valence-corrected chi connectivity index (χ0v) is 20.4. The minimum atomic E-state index is -0.775. The van der Waals surface area contributed by atoms with Crippen molar-refractivity contribution in [1.29, 1.82) is 0 Å². The molecule has 1 aromatic carbocycles. The predicted molar refractivity (Wildman–Crippen MR) is 132 cm³/mol. The second kappa shape index (κ2) is 8.58. The Morgan fingerprint density at radius 2 is 2.06 bits per heavy atom. The van der Waals surface area contributed by atoms with Crippen molar-refractivity contribution >= 4 is 28.0 Å². The number of pyridine rings is 1. The van der Waals surface area contributed by atoms with E-state index in [0.717, 1.165) is 52.6 Å². The molecule has 188 valence electrons. The Labute approximate surface area is 207 Å². The molecular weight excluding hydrogens is 463 g/mol. The summed E-state index contributed by atoms with van der Waals surface area (Å²) in [5.74, 6) is -0.761. The van der Waals surface area contributed by atoms with Gasteiger partial charge in [-0.25, -0.2) is 9.37 Å². The number of H-pyrrole nitrogens is 1. The van der Waals surface area contributed by atoms with E-state index in [1.54, 1.807) is 18.3 Å². The number of fused-ring (bicyclic) bond motifs is 2. The SMILES string of the molecule is COc1cc(-n2c(C3CCOCC3)c([C@@H]3CC[C@@](C)(C(=O)O)C3)c3nc4[nH]ncc4cc32)ccc1F. The summed E-state index contributed by atoms with van der Waals surface area (Å²) >= 11 is 0.